The molecule has 0 bridgehead atoms. The van der Waals surface area contributed by atoms with Gasteiger partial charge in [-0.3, -0.25) is 25.1 Å². The molecule has 0 aromatic rings. The normalized spacial score (nSPS) is 8.71. The molecule has 8 N–H and O–H groups in total. The summed E-state index contributed by atoms with van der Waals surface area (Å²) in [4.78, 5) is 0. The summed E-state index contributed by atoms with van der Waals surface area (Å²) in [6, 6.07) is 0. The van der Waals surface area contributed by atoms with Crippen molar-refractivity contribution in [1.82, 2.24) is 16.0 Å². The smallest absolute Gasteiger partial charge is 0.381 e. The Labute approximate surface area is 101 Å². The highest BCUT2D eigenvalue weighted by Gasteiger charge is 1.84. The summed E-state index contributed by atoms with van der Waals surface area (Å²) in [7, 11) is 0.375. The molecule has 0 unspecified atom stereocenters. The standard InChI is InChI=1S/3C2H7NO.H2O4S/c3*1-3-2-4;1-5(2,3)4/h3*3-4H,2H2,1H3;(H2,1,2,3,4). The van der Waals surface area contributed by atoms with Gasteiger partial charge in [0.05, 0.1) is 20.2 Å². The predicted molar refractivity (Wildman–Crippen MR) is 62.6 cm³/mol. The van der Waals surface area contributed by atoms with Crippen LogP contribution in [0.2, 0.25) is 0 Å². The van der Waals surface area contributed by atoms with Crippen molar-refractivity contribution in [2.24, 2.45) is 0 Å². The summed E-state index contributed by atoms with van der Waals surface area (Å²) in [5.41, 5.74) is 0. The summed E-state index contributed by atoms with van der Waals surface area (Å²) in [6.07, 6.45) is 0. The van der Waals surface area contributed by atoms with Crippen LogP contribution in [0.3, 0.4) is 0 Å². The van der Waals surface area contributed by atoms with Crippen LogP contribution in [0.15, 0.2) is 0 Å². The van der Waals surface area contributed by atoms with E-state index in [0.29, 0.717) is 0 Å². The Kier molecular flexibility index (Phi) is 37.1. The first kappa shape index (κ1) is 25.5. The predicted octanol–water partition coefficient (Wildman–Crippen LogP) is -3.19. The lowest BCUT2D eigenvalue weighted by molar-refractivity contribution is 0.272. The van der Waals surface area contributed by atoms with E-state index in [9.17, 15) is 0 Å². The third kappa shape index (κ3) is 420. The van der Waals surface area contributed by atoms with Crippen LogP contribution in [-0.4, -0.2) is 74.2 Å². The van der Waals surface area contributed by atoms with E-state index in [-0.39, 0.29) is 20.2 Å². The molecule has 0 aromatic heterocycles. The lowest BCUT2D eigenvalue weighted by Crippen LogP contribution is -2.04. The van der Waals surface area contributed by atoms with Gasteiger partial charge in [0.25, 0.3) is 0 Å². The molecule has 17 heavy (non-hydrogen) atoms. The Morgan fingerprint density at radius 2 is 0.824 bits per heavy atom. The Bertz CT molecular complexity index is 165. The average molecular weight is 281 g/mol. The molecular formula is C6H23N3O7S. The van der Waals surface area contributed by atoms with Gasteiger partial charge in [0.1, 0.15) is 0 Å². The second-order valence-electron chi connectivity index (χ2n) is 1.98. The van der Waals surface area contributed by atoms with Crippen LogP contribution in [0.4, 0.5) is 0 Å². The molecule has 0 radical (unpaired) electrons. The Morgan fingerprint density at radius 1 is 0.765 bits per heavy atom. The van der Waals surface area contributed by atoms with E-state index >= 15 is 0 Å². The van der Waals surface area contributed by atoms with Crippen LogP contribution in [0.5, 0.6) is 0 Å². The van der Waals surface area contributed by atoms with E-state index in [1.165, 1.54) is 0 Å². The van der Waals surface area contributed by atoms with Gasteiger partial charge >= 0.3 is 10.4 Å². The second kappa shape index (κ2) is 24.7. The van der Waals surface area contributed by atoms with Crippen molar-refractivity contribution in [3.63, 3.8) is 0 Å². The Morgan fingerprint density at radius 3 is 0.824 bits per heavy atom. The minimum Gasteiger partial charge on any atom is -0.381 e. The monoisotopic (exact) mass is 281 g/mol. The van der Waals surface area contributed by atoms with Crippen molar-refractivity contribution >= 4 is 10.4 Å². The third-order valence-corrected chi connectivity index (χ3v) is 0.474. The molecule has 0 saturated carbocycles. The van der Waals surface area contributed by atoms with Crippen LogP contribution < -0.4 is 16.0 Å². The van der Waals surface area contributed by atoms with Crippen molar-refractivity contribution in [3.8, 4) is 0 Å². The minimum absolute atomic E-state index is 0.0694. The van der Waals surface area contributed by atoms with E-state index in [1.807, 2.05) is 0 Å². The van der Waals surface area contributed by atoms with Crippen LogP contribution in [0.1, 0.15) is 0 Å². The molecule has 0 fully saturated rings. The first-order chi connectivity index (χ1) is 7.74. The maximum Gasteiger partial charge on any atom is 0.394 e. The van der Waals surface area contributed by atoms with Gasteiger partial charge in [0.15, 0.2) is 0 Å². The zero-order valence-corrected chi connectivity index (χ0v) is 10.9. The fourth-order valence-corrected chi connectivity index (χ4v) is 0. The van der Waals surface area contributed by atoms with Gasteiger partial charge in [-0.15, -0.1) is 0 Å². The van der Waals surface area contributed by atoms with E-state index in [1.54, 1.807) is 21.1 Å². The number of aliphatic hydroxyl groups is 3. The van der Waals surface area contributed by atoms with Crippen molar-refractivity contribution in [2.45, 2.75) is 0 Å². The van der Waals surface area contributed by atoms with E-state index < -0.39 is 10.4 Å². The van der Waals surface area contributed by atoms with Crippen LogP contribution in [-0.2, 0) is 10.4 Å². The number of hydrogen-bond acceptors (Lipinski definition) is 8. The Balaban J connectivity index is -0.0000000667. The largest absolute Gasteiger partial charge is 0.394 e. The van der Waals surface area contributed by atoms with Gasteiger partial charge in [0.2, 0.25) is 0 Å². The third-order valence-electron chi connectivity index (χ3n) is 0.474. The fourth-order valence-electron chi connectivity index (χ4n) is 0. The quantitative estimate of drug-likeness (QED) is 0.195. The lowest BCUT2D eigenvalue weighted by Gasteiger charge is -1.76. The molecule has 0 spiro atoms. The lowest BCUT2D eigenvalue weighted by atomic mass is 11.2. The van der Waals surface area contributed by atoms with Gasteiger partial charge < -0.3 is 15.3 Å². The first-order valence-corrected chi connectivity index (χ1v) is 5.60. The molecule has 0 saturated heterocycles. The van der Waals surface area contributed by atoms with Crippen LogP contribution >= 0.6 is 0 Å². The number of rotatable bonds is 3. The highest BCUT2D eigenvalue weighted by atomic mass is 32.3. The van der Waals surface area contributed by atoms with Crippen molar-refractivity contribution in [3.05, 3.63) is 0 Å². The fraction of sp³-hybridized carbons (Fsp3) is 1.00. The number of aliphatic hydroxyl groups excluding tert-OH is 3. The highest BCUT2D eigenvalue weighted by Crippen LogP contribution is 1.59. The van der Waals surface area contributed by atoms with Crippen molar-refractivity contribution < 1.29 is 32.8 Å². The first-order valence-electron chi connectivity index (χ1n) is 4.21. The zero-order chi connectivity index (χ0) is 14.7. The van der Waals surface area contributed by atoms with Crippen LogP contribution in [0, 0.1) is 0 Å². The van der Waals surface area contributed by atoms with E-state index in [0.717, 1.165) is 0 Å². The average Bonchev–Trinajstić information content (AvgIpc) is 2.27. The van der Waals surface area contributed by atoms with Gasteiger partial charge in [-0.2, -0.15) is 8.42 Å². The Hall–Kier alpha value is -0.370. The van der Waals surface area contributed by atoms with Crippen LogP contribution in [0.25, 0.3) is 0 Å². The zero-order valence-electron chi connectivity index (χ0n) is 10.1. The maximum absolute atomic E-state index is 8.74. The molecule has 0 aromatic carbocycles. The molecule has 0 heterocycles. The van der Waals surface area contributed by atoms with Crippen molar-refractivity contribution in [1.29, 1.82) is 0 Å². The maximum atomic E-state index is 8.74. The molecule has 0 aliphatic carbocycles. The van der Waals surface area contributed by atoms with Gasteiger partial charge in [-0.25, -0.2) is 0 Å². The van der Waals surface area contributed by atoms with Gasteiger partial charge in [-0.05, 0) is 21.1 Å². The molecule has 0 atom stereocenters. The van der Waals surface area contributed by atoms with E-state index in [2.05, 4.69) is 16.0 Å². The summed E-state index contributed by atoms with van der Waals surface area (Å²) >= 11 is 0. The molecule has 0 amide bonds. The molecule has 110 valence electrons. The molecule has 0 aliphatic heterocycles. The molecule has 0 rings (SSSR count). The summed E-state index contributed by atoms with van der Waals surface area (Å²) in [6.45, 7) is 0.208. The number of hydrogen-bond donors (Lipinski definition) is 8. The molecular weight excluding hydrogens is 258 g/mol. The van der Waals surface area contributed by atoms with Crippen molar-refractivity contribution in [2.75, 3.05) is 41.3 Å². The van der Waals surface area contributed by atoms with Gasteiger partial charge in [-0.1, -0.05) is 0 Å². The minimum atomic E-state index is -4.67. The van der Waals surface area contributed by atoms with E-state index in [4.69, 9.17) is 32.8 Å². The second-order valence-corrected chi connectivity index (χ2v) is 2.88. The topological polar surface area (TPSA) is 171 Å². The summed E-state index contributed by atoms with van der Waals surface area (Å²) in [5, 5.41) is 30.8. The highest BCUT2D eigenvalue weighted by molar-refractivity contribution is 7.79. The molecule has 11 heteroatoms. The summed E-state index contributed by atoms with van der Waals surface area (Å²) in [5.74, 6) is 0. The summed E-state index contributed by atoms with van der Waals surface area (Å²) < 4.78 is 31.6. The molecule has 0 aliphatic rings. The van der Waals surface area contributed by atoms with Gasteiger partial charge in [0, 0.05) is 0 Å². The number of nitrogens with one attached hydrogen (secondary N) is 3. The SMILES string of the molecule is CNCO.CNCO.CNCO.O=S(=O)(O)O. The molecule has 10 nitrogen and oxygen atoms in total.